The van der Waals surface area contributed by atoms with Gasteiger partial charge in [-0.2, -0.15) is 0 Å². The van der Waals surface area contributed by atoms with E-state index >= 15 is 0 Å². The van der Waals surface area contributed by atoms with Crippen molar-refractivity contribution in [2.24, 2.45) is 16.3 Å². The van der Waals surface area contributed by atoms with Gasteiger partial charge < -0.3 is 11.1 Å². The predicted octanol–water partition coefficient (Wildman–Crippen LogP) is 1.57. The van der Waals surface area contributed by atoms with Crippen molar-refractivity contribution in [3.8, 4) is 0 Å². The quantitative estimate of drug-likeness (QED) is 0.298. The molecule has 0 aliphatic heterocycles. The maximum atomic E-state index is 11.2. The highest BCUT2D eigenvalue weighted by atomic mass is 16.1. The number of nitrogens with zero attached hydrogens (tertiary/aromatic N) is 3. The highest BCUT2D eigenvalue weighted by Crippen LogP contribution is 2.20. The molecule has 92 valence electrons. The van der Waals surface area contributed by atoms with Gasteiger partial charge in [0.2, 0.25) is 5.91 Å². The van der Waals surface area contributed by atoms with Crippen LogP contribution in [0.3, 0.4) is 0 Å². The van der Waals surface area contributed by atoms with Crippen molar-refractivity contribution in [3.63, 3.8) is 0 Å². The molecule has 1 amide bonds. The number of primary amides is 1. The molecule has 0 heterocycles. The second-order valence-electron chi connectivity index (χ2n) is 4.98. The van der Waals surface area contributed by atoms with Crippen molar-refractivity contribution < 1.29 is 4.79 Å². The summed E-state index contributed by atoms with van der Waals surface area (Å²) < 4.78 is 0. The van der Waals surface area contributed by atoms with Crippen LogP contribution in [-0.4, -0.2) is 25.0 Å². The van der Waals surface area contributed by atoms with E-state index in [2.05, 4.69) is 36.1 Å². The standard InChI is InChI=1S/C10H21N5O/c1-10(2,3)7-8(9(11)16)13-5-4-6-14-15-12/h8,13H,4-7H2,1-3H3,(H2,11,16). The summed E-state index contributed by atoms with van der Waals surface area (Å²) in [6.45, 7) is 7.24. The summed E-state index contributed by atoms with van der Waals surface area (Å²) in [7, 11) is 0. The third kappa shape index (κ3) is 8.08. The van der Waals surface area contributed by atoms with Gasteiger partial charge >= 0.3 is 0 Å². The van der Waals surface area contributed by atoms with E-state index in [1.165, 1.54) is 0 Å². The van der Waals surface area contributed by atoms with Crippen LogP contribution in [0.15, 0.2) is 5.11 Å². The summed E-state index contributed by atoms with van der Waals surface area (Å²) >= 11 is 0. The zero-order valence-electron chi connectivity index (χ0n) is 10.2. The number of carbonyl (C=O) groups is 1. The topological polar surface area (TPSA) is 104 Å². The first-order valence-corrected chi connectivity index (χ1v) is 5.40. The molecule has 0 fully saturated rings. The Morgan fingerprint density at radius 1 is 1.56 bits per heavy atom. The summed E-state index contributed by atoms with van der Waals surface area (Å²) in [6, 6.07) is -0.314. The van der Waals surface area contributed by atoms with Crippen molar-refractivity contribution in [2.45, 2.75) is 39.7 Å². The van der Waals surface area contributed by atoms with Crippen molar-refractivity contribution >= 4 is 5.91 Å². The number of carbonyl (C=O) groups excluding carboxylic acids is 1. The number of nitrogens with two attached hydrogens (primary N) is 1. The van der Waals surface area contributed by atoms with Gasteiger partial charge in [-0.05, 0) is 30.3 Å². The highest BCUT2D eigenvalue weighted by molar-refractivity contribution is 5.79. The molecule has 0 spiro atoms. The average molecular weight is 227 g/mol. The van der Waals surface area contributed by atoms with Gasteiger partial charge in [0, 0.05) is 11.5 Å². The second-order valence-corrected chi connectivity index (χ2v) is 4.98. The first-order chi connectivity index (χ1) is 7.37. The molecular formula is C10H21N5O. The summed E-state index contributed by atoms with van der Waals surface area (Å²) in [6.07, 6.45) is 1.40. The fourth-order valence-electron chi connectivity index (χ4n) is 1.36. The maximum absolute atomic E-state index is 11.2. The van der Waals surface area contributed by atoms with Crippen molar-refractivity contribution in [1.29, 1.82) is 0 Å². The minimum Gasteiger partial charge on any atom is -0.368 e. The molecule has 0 aliphatic carbocycles. The fourth-order valence-corrected chi connectivity index (χ4v) is 1.36. The summed E-state index contributed by atoms with van der Waals surface area (Å²) in [5.41, 5.74) is 13.4. The number of nitrogens with one attached hydrogen (secondary N) is 1. The van der Waals surface area contributed by atoms with Crippen LogP contribution in [-0.2, 0) is 4.79 Å². The molecule has 0 aromatic heterocycles. The molecule has 1 unspecified atom stereocenters. The van der Waals surface area contributed by atoms with Gasteiger partial charge in [-0.25, -0.2) is 0 Å². The Kier molecular flexibility index (Phi) is 6.53. The molecule has 16 heavy (non-hydrogen) atoms. The lowest BCUT2D eigenvalue weighted by molar-refractivity contribution is -0.120. The molecule has 0 bridgehead atoms. The monoisotopic (exact) mass is 227 g/mol. The Bertz CT molecular complexity index is 265. The zero-order chi connectivity index (χ0) is 12.6. The lowest BCUT2D eigenvalue weighted by Gasteiger charge is -2.24. The lowest BCUT2D eigenvalue weighted by atomic mass is 9.88. The smallest absolute Gasteiger partial charge is 0.234 e. The van der Waals surface area contributed by atoms with Crippen LogP contribution in [0.25, 0.3) is 10.4 Å². The number of azide groups is 1. The molecule has 0 aromatic rings. The maximum Gasteiger partial charge on any atom is 0.234 e. The first-order valence-electron chi connectivity index (χ1n) is 5.40. The zero-order valence-corrected chi connectivity index (χ0v) is 10.2. The number of hydrogen-bond acceptors (Lipinski definition) is 3. The average Bonchev–Trinajstić information content (AvgIpc) is 2.13. The molecule has 0 radical (unpaired) electrons. The van der Waals surface area contributed by atoms with Crippen LogP contribution >= 0.6 is 0 Å². The van der Waals surface area contributed by atoms with Gasteiger partial charge in [0.1, 0.15) is 0 Å². The number of hydrogen-bond donors (Lipinski definition) is 2. The summed E-state index contributed by atoms with van der Waals surface area (Å²) in [4.78, 5) is 13.8. The van der Waals surface area contributed by atoms with Gasteiger partial charge in [0.05, 0.1) is 6.04 Å². The van der Waals surface area contributed by atoms with Crippen molar-refractivity contribution in [2.75, 3.05) is 13.1 Å². The summed E-state index contributed by atoms with van der Waals surface area (Å²) in [5.74, 6) is -0.335. The van der Waals surface area contributed by atoms with E-state index in [4.69, 9.17) is 11.3 Å². The molecule has 6 heteroatoms. The van der Waals surface area contributed by atoms with Crippen LogP contribution < -0.4 is 11.1 Å². The Hall–Kier alpha value is -1.26. The van der Waals surface area contributed by atoms with Crippen LogP contribution in [0.4, 0.5) is 0 Å². The third-order valence-electron chi connectivity index (χ3n) is 2.05. The molecule has 3 N–H and O–H groups in total. The van der Waals surface area contributed by atoms with Gasteiger partial charge in [-0.3, -0.25) is 4.79 Å². The molecule has 0 saturated carbocycles. The second kappa shape index (κ2) is 7.09. The SMILES string of the molecule is CC(C)(C)CC(NCCCN=[N+]=[N-])C(N)=O. The highest BCUT2D eigenvalue weighted by Gasteiger charge is 2.22. The molecule has 0 aliphatic rings. The van der Waals surface area contributed by atoms with E-state index < -0.39 is 0 Å². The van der Waals surface area contributed by atoms with E-state index in [1.54, 1.807) is 0 Å². The molecule has 6 nitrogen and oxygen atoms in total. The molecule has 0 saturated heterocycles. The molecular weight excluding hydrogens is 206 g/mol. The van der Waals surface area contributed by atoms with E-state index in [9.17, 15) is 4.79 Å². The van der Waals surface area contributed by atoms with E-state index in [-0.39, 0.29) is 17.4 Å². The summed E-state index contributed by atoms with van der Waals surface area (Å²) in [5, 5.41) is 6.49. The van der Waals surface area contributed by atoms with Gasteiger partial charge in [0.25, 0.3) is 0 Å². The molecule has 1 atom stereocenters. The van der Waals surface area contributed by atoms with Crippen molar-refractivity contribution in [1.82, 2.24) is 5.32 Å². The Morgan fingerprint density at radius 2 is 2.19 bits per heavy atom. The minimum atomic E-state index is -0.335. The lowest BCUT2D eigenvalue weighted by Crippen LogP contribution is -2.44. The van der Waals surface area contributed by atoms with E-state index in [0.717, 1.165) is 0 Å². The van der Waals surface area contributed by atoms with Gasteiger partial charge in [-0.1, -0.05) is 25.9 Å². The van der Waals surface area contributed by atoms with Crippen LogP contribution in [0, 0.1) is 5.41 Å². The third-order valence-corrected chi connectivity index (χ3v) is 2.05. The van der Waals surface area contributed by atoms with Crippen LogP contribution in [0.2, 0.25) is 0 Å². The van der Waals surface area contributed by atoms with Crippen LogP contribution in [0.5, 0.6) is 0 Å². The van der Waals surface area contributed by atoms with Crippen LogP contribution in [0.1, 0.15) is 33.6 Å². The largest absolute Gasteiger partial charge is 0.368 e. The normalized spacial score (nSPS) is 12.9. The van der Waals surface area contributed by atoms with Gasteiger partial charge in [0.15, 0.2) is 0 Å². The number of amides is 1. The van der Waals surface area contributed by atoms with E-state index in [0.29, 0.717) is 25.9 Å². The minimum absolute atomic E-state index is 0.0531. The first kappa shape index (κ1) is 14.7. The Balaban J connectivity index is 3.95. The molecule has 0 rings (SSSR count). The Morgan fingerprint density at radius 3 is 2.62 bits per heavy atom. The van der Waals surface area contributed by atoms with Crippen molar-refractivity contribution in [3.05, 3.63) is 10.4 Å². The predicted molar refractivity (Wildman–Crippen MR) is 63.7 cm³/mol. The van der Waals surface area contributed by atoms with Gasteiger partial charge in [-0.15, -0.1) is 0 Å². The Labute approximate surface area is 96.2 Å². The van der Waals surface area contributed by atoms with E-state index in [1.807, 2.05) is 0 Å². The molecule has 0 aromatic carbocycles. The number of rotatable bonds is 7. The fraction of sp³-hybridized carbons (Fsp3) is 0.900.